The number of halogens is 6. The fourth-order valence-electron chi connectivity index (χ4n) is 30.9. The summed E-state index contributed by atoms with van der Waals surface area (Å²) in [6.45, 7) is 19.3. The van der Waals surface area contributed by atoms with Crippen molar-refractivity contribution in [2.75, 3.05) is 0 Å². The summed E-state index contributed by atoms with van der Waals surface area (Å²) < 4.78 is 143. The molecule has 21 aliphatic rings. The maximum Gasteiger partial charge on any atom is 0.377 e. The molecule has 149 heavy (non-hydrogen) atoms. The first-order valence-electron chi connectivity index (χ1n) is 54.2. The van der Waals surface area contributed by atoms with Crippen molar-refractivity contribution < 1.29 is 131 Å². The Labute approximate surface area is 872 Å². The first kappa shape index (κ1) is 106. The summed E-state index contributed by atoms with van der Waals surface area (Å²) in [4.78, 5) is 146. The molecular weight excluding hydrogens is 1960 g/mol. The molecule has 0 spiro atoms. The molecule has 18 aliphatic carbocycles. The van der Waals surface area contributed by atoms with Crippen LogP contribution in [0.25, 0.3) is 0 Å². The second-order valence-electron chi connectivity index (χ2n) is 47.9. The largest absolute Gasteiger partial charge is 0.459 e. The number of hydrogen-bond donors (Lipinski definition) is 0. The van der Waals surface area contributed by atoms with Crippen LogP contribution < -0.4 is 9.47 Å². The molecule has 21 fully saturated rings. The number of benzene rings is 6. The predicted molar refractivity (Wildman–Crippen MR) is 533 cm³/mol. The van der Waals surface area contributed by atoms with Gasteiger partial charge in [-0.15, -0.1) is 0 Å². The number of alkyl halides is 6. The van der Waals surface area contributed by atoms with E-state index in [1.807, 2.05) is 97.0 Å². The van der Waals surface area contributed by atoms with Gasteiger partial charge in [0.2, 0.25) is 0 Å². The van der Waals surface area contributed by atoms with Crippen LogP contribution in [-0.2, 0) is 117 Å². The maximum absolute atomic E-state index is 13.6. The van der Waals surface area contributed by atoms with Gasteiger partial charge in [0.1, 0.15) is 64.9 Å². The third-order valence-corrected chi connectivity index (χ3v) is 42.9. The number of carbonyl (C=O) groups is 11. The van der Waals surface area contributed by atoms with E-state index < -0.39 is 189 Å². The molecule has 0 aromatic heterocycles. The van der Waals surface area contributed by atoms with Gasteiger partial charge in [-0.1, -0.05) is 100 Å². The second kappa shape index (κ2) is 40.7. The van der Waals surface area contributed by atoms with E-state index in [-0.39, 0.29) is 51.5 Å². The number of rotatable bonds is 26. The molecule has 3 saturated heterocycles. The number of hydrogen-bond acceptors (Lipinski definition) is 22. The fraction of sp³-hybridized carbons (Fsp3) is 0.605. The number of esters is 11. The lowest BCUT2D eigenvalue weighted by molar-refractivity contribution is -0.219. The Morgan fingerprint density at radius 1 is 0.309 bits per heavy atom. The smallest absolute Gasteiger partial charge is 0.377 e. The summed E-state index contributed by atoms with van der Waals surface area (Å²) in [6.07, 6.45) is 15.9. The van der Waals surface area contributed by atoms with Crippen LogP contribution in [0.4, 0.5) is 26.3 Å². The molecule has 0 N–H and O–H groups in total. The van der Waals surface area contributed by atoms with Gasteiger partial charge in [0.25, 0.3) is 0 Å². The summed E-state index contributed by atoms with van der Waals surface area (Å²) in [5.41, 5.74) is -2.50. The van der Waals surface area contributed by atoms with E-state index in [9.17, 15) is 79.1 Å². The van der Waals surface area contributed by atoms with Gasteiger partial charge in [0.05, 0.1) is 68.1 Å². The van der Waals surface area contributed by atoms with Crippen LogP contribution >= 0.6 is 0 Å². The highest BCUT2D eigenvalue weighted by atomic mass is 32.2. The third-order valence-electron chi connectivity index (χ3n) is 38.4. The molecule has 27 rings (SSSR count). The Hall–Kier alpha value is -10.2. The molecule has 3 heterocycles. The Balaban J connectivity index is 0.000000113. The minimum atomic E-state index is -3.65. The van der Waals surface area contributed by atoms with Gasteiger partial charge < -0.3 is 52.1 Å². The normalized spacial score (nSPS) is 36.2. The van der Waals surface area contributed by atoms with Crippen molar-refractivity contribution in [1.29, 1.82) is 0 Å². The van der Waals surface area contributed by atoms with Crippen LogP contribution in [0.5, 0.6) is 11.5 Å². The molecule has 18 unspecified atom stereocenters. The SMILES string of the molecule is CC(F)(F)C(=O)OC1C2CC3C1OC(=O)C3C2C(=O)OC1(C)C2CC3CC(C2)CC1C3.CCC(C)(C)C(=O)Oc1ccc([S+](c2ccccc2)c2ccccc2)cc1.CCC(C)(C)C(=O)Oc1ccc([S+](c2ccccc2)c2ccccc2)cc1.CCC1(OC(=O)C2C3CC4C(OC(=O)C42)C3OC(=O)C(C)(F)F)C2CC3CC(C2)CC1C3.CCC1(OC(=O)C2C3CC4C(OC(=O)C42)C3OC(=O)C(C)(F)F)C2CC3CC(C2)CC1C3. The summed E-state index contributed by atoms with van der Waals surface area (Å²) in [7, 11) is -0.390. The van der Waals surface area contributed by atoms with E-state index in [2.05, 4.69) is 135 Å². The van der Waals surface area contributed by atoms with E-state index in [4.69, 9.17) is 52.1 Å². The van der Waals surface area contributed by atoms with Crippen molar-refractivity contribution in [2.45, 2.75) is 325 Å². The summed E-state index contributed by atoms with van der Waals surface area (Å²) in [5.74, 6) is -18.2. The zero-order valence-electron chi connectivity index (χ0n) is 86.6. The molecule has 18 bridgehead atoms. The Morgan fingerprint density at radius 2 is 0.544 bits per heavy atom. The van der Waals surface area contributed by atoms with Crippen LogP contribution in [0.3, 0.4) is 0 Å². The summed E-state index contributed by atoms with van der Waals surface area (Å²) in [5, 5.41) is 0. The first-order valence-corrected chi connectivity index (χ1v) is 56.7. The molecule has 22 nitrogen and oxygen atoms in total. The van der Waals surface area contributed by atoms with Gasteiger partial charge in [-0.25, -0.2) is 14.4 Å². The minimum Gasteiger partial charge on any atom is -0.459 e. The Kier molecular flexibility index (Phi) is 28.9. The number of ether oxygens (including phenoxy) is 11. The molecule has 18 atom stereocenters. The van der Waals surface area contributed by atoms with Crippen molar-refractivity contribution >= 4 is 87.5 Å². The van der Waals surface area contributed by atoms with Gasteiger partial charge in [0.15, 0.2) is 29.4 Å². The van der Waals surface area contributed by atoms with E-state index in [1.54, 1.807) is 0 Å². The van der Waals surface area contributed by atoms with Crippen LogP contribution in [0.1, 0.15) is 224 Å². The highest BCUT2D eigenvalue weighted by Crippen LogP contribution is 2.68. The van der Waals surface area contributed by atoms with Crippen LogP contribution in [0, 0.1) is 153 Å². The van der Waals surface area contributed by atoms with Crippen molar-refractivity contribution in [3.8, 4) is 11.5 Å². The maximum atomic E-state index is 13.6. The zero-order valence-corrected chi connectivity index (χ0v) is 88.2. The Bertz CT molecular complexity index is 5550. The van der Waals surface area contributed by atoms with E-state index >= 15 is 0 Å². The highest BCUT2D eigenvalue weighted by Gasteiger charge is 2.76. The van der Waals surface area contributed by atoms with Crippen LogP contribution in [0.15, 0.2) is 199 Å². The first-order chi connectivity index (χ1) is 70.8. The molecule has 18 saturated carbocycles. The number of carbonyl (C=O) groups excluding carboxylic acids is 11. The van der Waals surface area contributed by atoms with Crippen LogP contribution in [-0.4, -0.2) is 137 Å². The fourth-order valence-corrected chi connectivity index (χ4v) is 35.0. The molecule has 6 aromatic carbocycles. The molecule has 0 amide bonds. The lowest BCUT2D eigenvalue weighted by Crippen LogP contribution is -2.60. The van der Waals surface area contributed by atoms with Gasteiger partial charge in [-0.2, -0.15) is 26.3 Å². The molecule has 30 heteroatoms. The van der Waals surface area contributed by atoms with E-state index in [1.165, 1.54) is 48.6 Å². The predicted octanol–water partition coefficient (Wildman–Crippen LogP) is 22.4. The average molecular weight is 2100 g/mol. The van der Waals surface area contributed by atoms with Gasteiger partial charge in [-0.3, -0.25) is 38.4 Å². The van der Waals surface area contributed by atoms with Gasteiger partial charge >= 0.3 is 83.4 Å². The lowest BCUT2D eigenvalue weighted by Gasteiger charge is -2.60. The van der Waals surface area contributed by atoms with Gasteiger partial charge in [0, 0.05) is 56.3 Å². The quantitative estimate of drug-likeness (QED) is 0.0160. The molecule has 0 radical (unpaired) electrons. The molecule has 798 valence electrons. The zero-order chi connectivity index (χ0) is 106. The summed E-state index contributed by atoms with van der Waals surface area (Å²) >= 11 is 0. The van der Waals surface area contributed by atoms with Crippen molar-refractivity contribution in [1.82, 2.24) is 0 Å². The Morgan fingerprint density at radius 3 is 0.779 bits per heavy atom. The average Bonchev–Trinajstić information content (AvgIpc) is 1.55. The highest BCUT2D eigenvalue weighted by molar-refractivity contribution is 7.97. The van der Waals surface area contributed by atoms with Crippen molar-refractivity contribution in [2.24, 2.45) is 153 Å². The lowest BCUT2D eigenvalue weighted by atomic mass is 9.49. The minimum absolute atomic E-state index is 0.192. The van der Waals surface area contributed by atoms with Crippen LogP contribution in [0.2, 0.25) is 0 Å². The van der Waals surface area contributed by atoms with Gasteiger partial charge in [-0.05, 0) is 344 Å². The second-order valence-corrected chi connectivity index (χ2v) is 51.9. The van der Waals surface area contributed by atoms with E-state index in [0.717, 1.165) is 138 Å². The molecular formula is C119H138F6O22S2+2. The van der Waals surface area contributed by atoms with E-state index in [0.29, 0.717) is 87.0 Å². The number of fused-ring (bicyclic) bond motifs is 3. The molecule has 3 aliphatic heterocycles. The monoisotopic (exact) mass is 2100 g/mol. The third kappa shape index (κ3) is 19.7. The topological polar surface area (TPSA) is 289 Å². The van der Waals surface area contributed by atoms with Crippen molar-refractivity contribution in [3.05, 3.63) is 170 Å². The summed E-state index contributed by atoms with van der Waals surface area (Å²) in [6, 6.07) is 57.8. The van der Waals surface area contributed by atoms with Crippen molar-refractivity contribution in [3.63, 3.8) is 0 Å². The molecule has 6 aromatic rings. The standard InChI is InChI=1S/2C24H30F2O6.2C24H25O2S.C23H28F2O6/c2*1-3-24(12-5-10-4-11(7-12)8-13(24)6-10)32-21(28)17-15-9-14-16(17)20(27)30-18(14)19(15)31-22(29)23(2,25)26;2*1-4-24(2,3)23(25)26-19-15-17-22(18-16-19)27(20-11-7-5-8-12-20)21-13-9-6-10-14-21;1-22(11-4-9-3-10(6-11)7-12(22)5-9)31-20(27)16-14-8-13-15(16)19(26)29-17(13)18(14)30-21(28)23(2,24)25/h2*10-19H,3-9H2,1-2H3;2*5-18H,4H2,1-3H3;9-18H,3-8H2,1-2H3/q;;2*+1;.